The molecule has 1 aromatic carbocycles. The quantitative estimate of drug-likeness (QED) is 0.143. The maximum Gasteiger partial charge on any atom is 0.126 e. The van der Waals surface area contributed by atoms with Gasteiger partial charge < -0.3 is 9.47 Å². The smallest absolute Gasteiger partial charge is 0.126 e. The topological polar surface area (TPSA) is 18.5 Å². The van der Waals surface area contributed by atoms with Crippen molar-refractivity contribution in [3.8, 4) is 11.5 Å². The summed E-state index contributed by atoms with van der Waals surface area (Å²) in [6.07, 6.45) is 27.0. The van der Waals surface area contributed by atoms with Crippen LogP contribution in [0.3, 0.4) is 0 Å². The molecule has 1 aromatic rings. The van der Waals surface area contributed by atoms with Gasteiger partial charge in [-0.15, -0.1) is 0 Å². The summed E-state index contributed by atoms with van der Waals surface area (Å²) in [6, 6.07) is 6.06. The highest BCUT2D eigenvalue weighted by atomic mass is 16.5. The van der Waals surface area contributed by atoms with Gasteiger partial charge in [0, 0.05) is 6.07 Å². The number of hydrogen-bond donors (Lipinski definition) is 0. The largest absolute Gasteiger partial charge is 0.493 e. The third-order valence-electron chi connectivity index (χ3n) is 6.56. The number of unbranched alkanes of at least 4 members (excludes halogenated alkanes) is 18. The van der Waals surface area contributed by atoms with E-state index < -0.39 is 0 Å². The molecule has 0 amide bonds. The molecule has 0 spiro atoms. The Bertz CT molecular complexity index is 540. The first-order chi connectivity index (χ1) is 16.3. The monoisotopic (exact) mass is 459 g/mol. The van der Waals surface area contributed by atoms with Gasteiger partial charge in [0.25, 0.3) is 0 Å². The Hall–Kier alpha value is -1.18. The van der Waals surface area contributed by atoms with Crippen molar-refractivity contribution in [2.75, 3.05) is 13.2 Å². The van der Waals surface area contributed by atoms with Crippen molar-refractivity contribution in [3.05, 3.63) is 30.7 Å². The predicted octanol–water partition coefficient (Wildman–Crippen LogP) is 10.5. The Morgan fingerprint density at radius 3 is 1.36 bits per heavy atom. The standard InChI is InChI=1S/C31H55O2/c1-4-6-8-10-12-14-16-18-20-22-26-32-30-25-24-29(3)31(28-30)33-27-23-21-19-17-15-13-11-9-7-5-2/h24-25,28H,3-23,26-27H2,1-2H3. The van der Waals surface area contributed by atoms with Gasteiger partial charge in [0.05, 0.1) is 13.2 Å². The van der Waals surface area contributed by atoms with Gasteiger partial charge in [-0.25, -0.2) is 0 Å². The van der Waals surface area contributed by atoms with Gasteiger partial charge in [-0.05, 0) is 31.4 Å². The molecule has 0 aromatic heterocycles. The van der Waals surface area contributed by atoms with Crippen molar-refractivity contribution < 1.29 is 9.47 Å². The Morgan fingerprint density at radius 2 is 0.909 bits per heavy atom. The second-order valence-electron chi connectivity index (χ2n) is 9.83. The second kappa shape index (κ2) is 22.6. The van der Waals surface area contributed by atoms with E-state index in [1.165, 1.54) is 116 Å². The molecule has 0 unspecified atom stereocenters. The van der Waals surface area contributed by atoms with Crippen molar-refractivity contribution >= 4 is 0 Å². The van der Waals surface area contributed by atoms with E-state index in [0.29, 0.717) is 0 Å². The highest BCUT2D eigenvalue weighted by Crippen LogP contribution is 2.25. The SMILES string of the molecule is [CH2]c1ccc(OCCCCCCCCCCCC)cc1OCCCCCCCCCCCC. The third-order valence-corrected chi connectivity index (χ3v) is 6.56. The Labute approximate surface area is 207 Å². The molecule has 0 saturated carbocycles. The fraction of sp³-hybridized carbons (Fsp3) is 0.774. The molecule has 0 atom stereocenters. The van der Waals surface area contributed by atoms with Gasteiger partial charge >= 0.3 is 0 Å². The summed E-state index contributed by atoms with van der Waals surface area (Å²) in [5, 5.41) is 0. The zero-order chi connectivity index (χ0) is 23.8. The molecule has 0 aliphatic carbocycles. The molecule has 1 radical (unpaired) electrons. The van der Waals surface area contributed by atoms with E-state index in [2.05, 4.69) is 20.8 Å². The highest BCUT2D eigenvalue weighted by molar-refractivity contribution is 5.42. The summed E-state index contributed by atoms with van der Waals surface area (Å²) in [5.41, 5.74) is 0.952. The van der Waals surface area contributed by atoms with Crippen LogP contribution in [0.4, 0.5) is 0 Å². The lowest BCUT2D eigenvalue weighted by molar-refractivity contribution is 0.289. The minimum Gasteiger partial charge on any atom is -0.493 e. The molecule has 0 bridgehead atoms. The molecule has 0 aliphatic heterocycles. The van der Waals surface area contributed by atoms with E-state index in [4.69, 9.17) is 9.47 Å². The summed E-state index contributed by atoms with van der Waals surface area (Å²) >= 11 is 0. The summed E-state index contributed by atoms with van der Waals surface area (Å²) in [7, 11) is 0. The van der Waals surface area contributed by atoms with Gasteiger partial charge in [0.2, 0.25) is 0 Å². The molecule has 0 aliphatic rings. The lowest BCUT2D eigenvalue weighted by Gasteiger charge is -2.12. The molecular weight excluding hydrogens is 404 g/mol. The van der Waals surface area contributed by atoms with Crippen LogP contribution in [0.2, 0.25) is 0 Å². The van der Waals surface area contributed by atoms with Gasteiger partial charge in [0.15, 0.2) is 0 Å². The van der Waals surface area contributed by atoms with Crippen LogP contribution in [-0.4, -0.2) is 13.2 Å². The Balaban J connectivity index is 2.02. The first kappa shape index (κ1) is 29.9. The van der Waals surface area contributed by atoms with Gasteiger partial charge in [0.1, 0.15) is 11.5 Å². The van der Waals surface area contributed by atoms with E-state index in [0.717, 1.165) is 43.1 Å². The third kappa shape index (κ3) is 17.9. The summed E-state index contributed by atoms with van der Waals surface area (Å²) in [4.78, 5) is 0. The fourth-order valence-electron chi connectivity index (χ4n) is 4.31. The normalized spacial score (nSPS) is 11.1. The van der Waals surface area contributed by atoms with E-state index in [1.54, 1.807) is 0 Å². The second-order valence-corrected chi connectivity index (χ2v) is 9.83. The number of benzene rings is 1. The van der Waals surface area contributed by atoms with Crippen molar-refractivity contribution in [2.45, 2.75) is 142 Å². The zero-order valence-corrected chi connectivity index (χ0v) is 22.3. The van der Waals surface area contributed by atoms with Crippen LogP contribution in [0.1, 0.15) is 148 Å². The van der Waals surface area contributed by atoms with Crippen LogP contribution in [0, 0.1) is 6.92 Å². The first-order valence-electron chi connectivity index (χ1n) is 14.5. The fourth-order valence-corrected chi connectivity index (χ4v) is 4.31. The molecule has 191 valence electrons. The van der Waals surface area contributed by atoms with Crippen LogP contribution in [0.15, 0.2) is 18.2 Å². The molecule has 0 saturated heterocycles. The minimum atomic E-state index is 0.779. The predicted molar refractivity (Wildman–Crippen MR) is 146 cm³/mol. The summed E-state index contributed by atoms with van der Waals surface area (Å²) in [5.74, 6) is 1.79. The van der Waals surface area contributed by atoms with E-state index in [1.807, 2.05) is 18.2 Å². The van der Waals surface area contributed by atoms with Crippen molar-refractivity contribution in [3.63, 3.8) is 0 Å². The summed E-state index contributed by atoms with van der Waals surface area (Å²) in [6.45, 7) is 10.2. The molecule has 0 heterocycles. The number of hydrogen-bond acceptors (Lipinski definition) is 2. The lowest BCUT2D eigenvalue weighted by Crippen LogP contribution is -2.01. The van der Waals surface area contributed by atoms with Gasteiger partial charge in [-0.1, -0.05) is 135 Å². The van der Waals surface area contributed by atoms with Crippen molar-refractivity contribution in [2.24, 2.45) is 0 Å². The molecule has 2 heteroatoms. The highest BCUT2D eigenvalue weighted by Gasteiger charge is 2.03. The van der Waals surface area contributed by atoms with Crippen LogP contribution in [-0.2, 0) is 0 Å². The lowest BCUT2D eigenvalue weighted by atomic mass is 10.1. The Kier molecular flexibility index (Phi) is 20.4. The van der Waals surface area contributed by atoms with Crippen molar-refractivity contribution in [1.29, 1.82) is 0 Å². The maximum absolute atomic E-state index is 6.01. The maximum atomic E-state index is 6.01. The van der Waals surface area contributed by atoms with Crippen LogP contribution < -0.4 is 9.47 Å². The van der Waals surface area contributed by atoms with Gasteiger partial charge in [-0.2, -0.15) is 0 Å². The average molecular weight is 460 g/mol. The number of rotatable bonds is 24. The Morgan fingerprint density at radius 1 is 0.515 bits per heavy atom. The molecular formula is C31H55O2. The molecule has 0 fully saturated rings. The molecule has 0 N–H and O–H groups in total. The van der Waals surface area contributed by atoms with Crippen molar-refractivity contribution in [1.82, 2.24) is 0 Å². The molecule has 1 rings (SSSR count). The average Bonchev–Trinajstić information content (AvgIpc) is 2.82. The molecule has 33 heavy (non-hydrogen) atoms. The summed E-state index contributed by atoms with van der Waals surface area (Å²) < 4.78 is 12.0. The minimum absolute atomic E-state index is 0.779. The van der Waals surface area contributed by atoms with E-state index in [9.17, 15) is 0 Å². The van der Waals surface area contributed by atoms with E-state index in [-0.39, 0.29) is 0 Å². The van der Waals surface area contributed by atoms with E-state index >= 15 is 0 Å². The molecule has 2 nitrogen and oxygen atoms in total. The zero-order valence-electron chi connectivity index (χ0n) is 22.3. The first-order valence-corrected chi connectivity index (χ1v) is 14.5. The van der Waals surface area contributed by atoms with Crippen LogP contribution in [0.25, 0.3) is 0 Å². The van der Waals surface area contributed by atoms with Crippen LogP contribution >= 0.6 is 0 Å². The van der Waals surface area contributed by atoms with Crippen LogP contribution in [0.5, 0.6) is 11.5 Å². The van der Waals surface area contributed by atoms with Gasteiger partial charge in [-0.3, -0.25) is 0 Å². The number of ether oxygens (including phenoxy) is 2.